The van der Waals surface area contributed by atoms with Gasteiger partial charge in [0, 0.05) is 28.3 Å². The van der Waals surface area contributed by atoms with Crippen LogP contribution in [-0.4, -0.2) is 16.7 Å². The van der Waals surface area contributed by atoms with Crippen LogP contribution in [0.15, 0.2) is 108 Å². The molecule has 1 atom stereocenters. The highest BCUT2D eigenvalue weighted by Gasteiger charge is 2.23. The highest BCUT2D eigenvalue weighted by atomic mass is 32.2. The van der Waals surface area contributed by atoms with Crippen molar-refractivity contribution in [2.45, 2.75) is 10.1 Å². The Morgan fingerprint density at radius 1 is 0.833 bits per heavy atom. The lowest BCUT2D eigenvalue weighted by Gasteiger charge is -2.18. The Hall–Kier alpha value is -4.50. The summed E-state index contributed by atoms with van der Waals surface area (Å²) in [5.74, 6) is -1.35. The summed E-state index contributed by atoms with van der Waals surface area (Å²) in [5.41, 5.74) is 1.48. The van der Waals surface area contributed by atoms with E-state index in [1.165, 1.54) is 48.2 Å². The Morgan fingerprint density at radius 3 is 2.22 bits per heavy atom. The fraction of sp³-hybridized carbons (Fsp3) is 0.0370. The normalized spacial score (nSPS) is 11.4. The molecule has 0 aliphatic rings. The van der Waals surface area contributed by atoms with Gasteiger partial charge in [0.05, 0.1) is 10.6 Å². The van der Waals surface area contributed by atoms with E-state index < -0.39 is 27.8 Å². The maximum atomic E-state index is 14.1. The molecule has 0 radical (unpaired) electrons. The molecule has 0 heterocycles. The molecule has 0 fully saturated rings. The first-order valence-electron chi connectivity index (χ1n) is 10.8. The van der Waals surface area contributed by atoms with Gasteiger partial charge in [0.15, 0.2) is 0 Å². The van der Waals surface area contributed by atoms with Gasteiger partial charge in [-0.1, -0.05) is 48.5 Å². The predicted octanol–water partition coefficient (Wildman–Crippen LogP) is 6.46. The fourth-order valence-electron chi connectivity index (χ4n) is 3.38. The molecule has 180 valence electrons. The fourth-order valence-corrected chi connectivity index (χ4v) is 4.47. The lowest BCUT2D eigenvalue weighted by Crippen LogP contribution is -2.19. The largest absolute Gasteiger partial charge is 0.322 e. The van der Waals surface area contributed by atoms with E-state index in [4.69, 9.17) is 0 Å². The molecule has 0 aliphatic heterocycles. The number of thioether (sulfide) groups is 1. The Balaban J connectivity index is 1.53. The minimum Gasteiger partial charge on any atom is -0.322 e. The zero-order chi connectivity index (χ0) is 25.5. The second kappa shape index (κ2) is 11.3. The number of para-hydroxylation sites is 1. The van der Waals surface area contributed by atoms with Gasteiger partial charge in [-0.3, -0.25) is 19.7 Å². The molecule has 0 bridgehead atoms. The predicted molar refractivity (Wildman–Crippen MR) is 138 cm³/mol. The van der Waals surface area contributed by atoms with E-state index in [-0.39, 0.29) is 16.9 Å². The van der Waals surface area contributed by atoms with Gasteiger partial charge in [0.2, 0.25) is 5.91 Å². The van der Waals surface area contributed by atoms with Crippen LogP contribution in [0, 0.1) is 15.9 Å². The number of amides is 2. The summed E-state index contributed by atoms with van der Waals surface area (Å²) in [6.07, 6.45) is 0. The van der Waals surface area contributed by atoms with Crippen molar-refractivity contribution < 1.29 is 18.9 Å². The third-order valence-electron chi connectivity index (χ3n) is 5.16. The van der Waals surface area contributed by atoms with E-state index in [0.29, 0.717) is 10.6 Å². The topological polar surface area (TPSA) is 101 Å². The van der Waals surface area contributed by atoms with Crippen molar-refractivity contribution >= 4 is 40.6 Å². The third kappa shape index (κ3) is 6.13. The molecule has 0 aliphatic carbocycles. The number of nitrogens with zero attached hydrogens (tertiary/aromatic N) is 1. The maximum absolute atomic E-state index is 14.1. The molecule has 9 heteroatoms. The van der Waals surface area contributed by atoms with E-state index in [0.717, 1.165) is 5.56 Å². The van der Waals surface area contributed by atoms with Crippen LogP contribution < -0.4 is 10.6 Å². The molecule has 0 aromatic heterocycles. The van der Waals surface area contributed by atoms with Crippen molar-refractivity contribution in [3.05, 3.63) is 130 Å². The lowest BCUT2D eigenvalue weighted by molar-refractivity contribution is -0.384. The molecule has 2 amide bonds. The van der Waals surface area contributed by atoms with Gasteiger partial charge in [-0.05, 0) is 48.0 Å². The number of nitro groups is 1. The summed E-state index contributed by atoms with van der Waals surface area (Å²) in [6, 6.07) is 27.3. The van der Waals surface area contributed by atoms with Crippen molar-refractivity contribution in [3.63, 3.8) is 0 Å². The number of rotatable bonds is 8. The van der Waals surface area contributed by atoms with Crippen LogP contribution in [0.2, 0.25) is 0 Å². The first-order chi connectivity index (χ1) is 17.4. The summed E-state index contributed by atoms with van der Waals surface area (Å²) in [4.78, 5) is 36.8. The zero-order valence-corrected chi connectivity index (χ0v) is 19.6. The van der Waals surface area contributed by atoms with Crippen LogP contribution >= 0.6 is 11.8 Å². The number of hydrogen-bond donors (Lipinski definition) is 2. The summed E-state index contributed by atoms with van der Waals surface area (Å²) in [7, 11) is 0. The average Bonchev–Trinajstić information content (AvgIpc) is 2.89. The standard InChI is InChI=1S/C27H20FN3O4S/c28-23-11-4-5-12-24(23)30-27(33)25(18-7-2-1-3-8-18)36-22-10-6-9-20(17-22)29-26(32)19-13-15-21(16-14-19)31(34)35/h1-17,25H,(H,29,32)(H,30,33). The molecule has 1 unspecified atom stereocenters. The molecule has 4 rings (SSSR count). The summed E-state index contributed by atoms with van der Waals surface area (Å²) in [6.45, 7) is 0. The molecule has 2 N–H and O–H groups in total. The highest BCUT2D eigenvalue weighted by molar-refractivity contribution is 8.00. The van der Waals surface area contributed by atoms with Crippen LogP contribution in [-0.2, 0) is 4.79 Å². The van der Waals surface area contributed by atoms with Gasteiger partial charge in [-0.25, -0.2) is 4.39 Å². The summed E-state index contributed by atoms with van der Waals surface area (Å²) >= 11 is 1.26. The summed E-state index contributed by atoms with van der Waals surface area (Å²) in [5, 5.41) is 15.6. The second-order valence-electron chi connectivity index (χ2n) is 7.66. The molecule has 0 saturated carbocycles. The third-order valence-corrected chi connectivity index (χ3v) is 6.41. The number of benzene rings is 4. The average molecular weight is 502 g/mol. The van der Waals surface area contributed by atoms with Gasteiger partial charge in [0.1, 0.15) is 11.1 Å². The van der Waals surface area contributed by atoms with Crippen LogP contribution in [0.4, 0.5) is 21.5 Å². The van der Waals surface area contributed by atoms with Crippen molar-refractivity contribution in [2.24, 2.45) is 0 Å². The van der Waals surface area contributed by atoms with Gasteiger partial charge in [-0.15, -0.1) is 11.8 Å². The van der Waals surface area contributed by atoms with Crippen LogP contribution in [0.5, 0.6) is 0 Å². The van der Waals surface area contributed by atoms with Gasteiger partial charge in [-0.2, -0.15) is 0 Å². The SMILES string of the molecule is O=C(Nc1cccc(SC(C(=O)Nc2ccccc2F)c2ccccc2)c1)c1ccc([N+](=O)[O-])cc1. The smallest absolute Gasteiger partial charge is 0.269 e. The minimum atomic E-state index is -0.688. The van der Waals surface area contributed by atoms with E-state index in [1.807, 2.05) is 30.3 Å². The Kier molecular flexibility index (Phi) is 7.72. The number of carbonyl (C=O) groups is 2. The van der Waals surface area contributed by atoms with E-state index in [1.54, 1.807) is 36.4 Å². The zero-order valence-electron chi connectivity index (χ0n) is 18.8. The Labute approximate surface area is 210 Å². The first kappa shape index (κ1) is 24.6. The van der Waals surface area contributed by atoms with E-state index >= 15 is 0 Å². The first-order valence-corrected chi connectivity index (χ1v) is 11.7. The number of hydrogen-bond acceptors (Lipinski definition) is 5. The molecule has 0 spiro atoms. The molecular formula is C27H20FN3O4S. The number of anilines is 2. The highest BCUT2D eigenvalue weighted by Crippen LogP contribution is 2.37. The van der Waals surface area contributed by atoms with E-state index in [2.05, 4.69) is 10.6 Å². The van der Waals surface area contributed by atoms with Gasteiger partial charge >= 0.3 is 0 Å². The molecule has 36 heavy (non-hydrogen) atoms. The van der Waals surface area contributed by atoms with Crippen LogP contribution in [0.3, 0.4) is 0 Å². The van der Waals surface area contributed by atoms with Crippen molar-refractivity contribution in [1.82, 2.24) is 0 Å². The lowest BCUT2D eigenvalue weighted by atomic mass is 10.1. The second-order valence-corrected chi connectivity index (χ2v) is 8.84. The summed E-state index contributed by atoms with van der Waals surface area (Å²) < 4.78 is 14.1. The number of halogens is 1. The maximum Gasteiger partial charge on any atom is 0.269 e. The molecule has 4 aromatic carbocycles. The number of nitro benzene ring substituents is 1. The Bertz CT molecular complexity index is 1400. The molecular weight excluding hydrogens is 481 g/mol. The number of nitrogens with one attached hydrogen (secondary N) is 2. The molecule has 4 aromatic rings. The molecule has 7 nitrogen and oxygen atoms in total. The number of carbonyl (C=O) groups excluding carboxylic acids is 2. The quantitative estimate of drug-likeness (QED) is 0.164. The van der Waals surface area contributed by atoms with E-state index in [9.17, 15) is 24.1 Å². The van der Waals surface area contributed by atoms with Crippen LogP contribution in [0.1, 0.15) is 21.2 Å². The van der Waals surface area contributed by atoms with Crippen LogP contribution in [0.25, 0.3) is 0 Å². The number of non-ortho nitro benzene ring substituents is 1. The monoisotopic (exact) mass is 501 g/mol. The molecule has 0 saturated heterocycles. The Morgan fingerprint density at radius 2 is 1.53 bits per heavy atom. The van der Waals surface area contributed by atoms with Crippen molar-refractivity contribution in [2.75, 3.05) is 10.6 Å². The van der Waals surface area contributed by atoms with Crippen molar-refractivity contribution in [3.8, 4) is 0 Å². The minimum absolute atomic E-state index is 0.0909. The van der Waals surface area contributed by atoms with Crippen molar-refractivity contribution in [1.29, 1.82) is 0 Å². The van der Waals surface area contributed by atoms with Gasteiger partial charge < -0.3 is 10.6 Å². The van der Waals surface area contributed by atoms with Gasteiger partial charge in [0.25, 0.3) is 11.6 Å².